The van der Waals surface area contributed by atoms with E-state index >= 15 is 0 Å². The molecule has 1 saturated carbocycles. The Morgan fingerprint density at radius 3 is 2.04 bits per heavy atom. The van der Waals surface area contributed by atoms with Crippen molar-refractivity contribution in [3.63, 3.8) is 0 Å². The van der Waals surface area contributed by atoms with Crippen LogP contribution in [-0.4, -0.2) is 24.6 Å². The van der Waals surface area contributed by atoms with E-state index in [1.165, 1.54) is 19.3 Å². The standard InChI is InChI=1S/C23H42O4/c1-4-7-9-10-13-18-26-22(24)20-16-11-12-17-21(20)23(25)27-19(14-6-3)15-8-5-2/h19-21H,4-18H2,1-3H3. The predicted molar refractivity (Wildman–Crippen MR) is 109 cm³/mol. The first-order chi connectivity index (χ1) is 13.1. The highest BCUT2D eigenvalue weighted by atomic mass is 16.5. The van der Waals surface area contributed by atoms with Crippen LogP contribution in [0.1, 0.15) is 111 Å². The quantitative estimate of drug-likeness (QED) is 0.265. The summed E-state index contributed by atoms with van der Waals surface area (Å²) in [5, 5.41) is 0. The molecule has 0 aromatic carbocycles. The van der Waals surface area contributed by atoms with E-state index in [-0.39, 0.29) is 29.9 Å². The molecule has 4 nitrogen and oxygen atoms in total. The lowest BCUT2D eigenvalue weighted by atomic mass is 9.79. The number of esters is 2. The van der Waals surface area contributed by atoms with E-state index in [9.17, 15) is 9.59 Å². The van der Waals surface area contributed by atoms with Crippen LogP contribution in [0.5, 0.6) is 0 Å². The Morgan fingerprint density at radius 1 is 0.778 bits per heavy atom. The van der Waals surface area contributed by atoms with Gasteiger partial charge in [0.25, 0.3) is 0 Å². The van der Waals surface area contributed by atoms with Gasteiger partial charge in [0.05, 0.1) is 18.4 Å². The van der Waals surface area contributed by atoms with Gasteiger partial charge in [-0.1, -0.05) is 78.6 Å². The van der Waals surface area contributed by atoms with Gasteiger partial charge in [0, 0.05) is 0 Å². The topological polar surface area (TPSA) is 52.6 Å². The second kappa shape index (κ2) is 14.9. The van der Waals surface area contributed by atoms with Crippen LogP contribution in [-0.2, 0) is 19.1 Å². The zero-order valence-corrected chi connectivity index (χ0v) is 18.0. The number of carbonyl (C=O) groups is 2. The molecule has 1 aliphatic rings. The molecular weight excluding hydrogens is 340 g/mol. The summed E-state index contributed by atoms with van der Waals surface area (Å²) in [5.41, 5.74) is 0. The molecule has 0 heterocycles. The smallest absolute Gasteiger partial charge is 0.310 e. The average Bonchev–Trinajstić information content (AvgIpc) is 2.68. The first-order valence-corrected chi connectivity index (χ1v) is 11.5. The third-order valence-electron chi connectivity index (χ3n) is 5.64. The van der Waals surface area contributed by atoms with Gasteiger partial charge in [-0.3, -0.25) is 9.59 Å². The molecule has 0 N–H and O–H groups in total. The lowest BCUT2D eigenvalue weighted by molar-refractivity contribution is -0.166. The number of hydrogen-bond acceptors (Lipinski definition) is 4. The van der Waals surface area contributed by atoms with Crippen LogP contribution in [0.3, 0.4) is 0 Å². The largest absolute Gasteiger partial charge is 0.465 e. The van der Waals surface area contributed by atoms with Crippen LogP contribution in [0.4, 0.5) is 0 Å². The van der Waals surface area contributed by atoms with Gasteiger partial charge in [-0.05, 0) is 32.1 Å². The van der Waals surface area contributed by atoms with Crippen molar-refractivity contribution in [2.75, 3.05) is 6.61 Å². The van der Waals surface area contributed by atoms with Gasteiger partial charge < -0.3 is 9.47 Å². The lowest BCUT2D eigenvalue weighted by Gasteiger charge is -2.30. The van der Waals surface area contributed by atoms with Crippen molar-refractivity contribution in [2.45, 2.75) is 117 Å². The fraction of sp³-hybridized carbons (Fsp3) is 0.913. The second-order valence-corrected chi connectivity index (χ2v) is 8.07. The highest BCUT2D eigenvalue weighted by molar-refractivity contribution is 5.82. The Labute approximate surface area is 166 Å². The summed E-state index contributed by atoms with van der Waals surface area (Å²) in [5.74, 6) is -0.982. The Balaban J connectivity index is 2.49. The van der Waals surface area contributed by atoms with Crippen molar-refractivity contribution in [3.05, 3.63) is 0 Å². The molecule has 158 valence electrons. The van der Waals surface area contributed by atoms with Crippen LogP contribution < -0.4 is 0 Å². The number of unbranched alkanes of at least 4 members (excludes halogenated alkanes) is 5. The molecule has 0 aliphatic heterocycles. The third kappa shape index (κ3) is 9.62. The molecule has 1 fully saturated rings. The van der Waals surface area contributed by atoms with Crippen molar-refractivity contribution in [2.24, 2.45) is 11.8 Å². The fourth-order valence-electron chi connectivity index (χ4n) is 3.95. The van der Waals surface area contributed by atoms with E-state index in [1.807, 2.05) is 0 Å². The Hall–Kier alpha value is -1.06. The van der Waals surface area contributed by atoms with Gasteiger partial charge in [-0.25, -0.2) is 0 Å². The van der Waals surface area contributed by atoms with Gasteiger partial charge in [-0.15, -0.1) is 0 Å². The first kappa shape index (κ1) is 24.0. The Bertz CT molecular complexity index is 407. The molecule has 3 unspecified atom stereocenters. The van der Waals surface area contributed by atoms with E-state index < -0.39 is 0 Å². The van der Waals surface area contributed by atoms with E-state index in [1.54, 1.807) is 0 Å². The minimum Gasteiger partial charge on any atom is -0.465 e. The molecule has 0 spiro atoms. The van der Waals surface area contributed by atoms with Crippen LogP contribution in [0, 0.1) is 11.8 Å². The third-order valence-corrected chi connectivity index (χ3v) is 5.64. The summed E-state index contributed by atoms with van der Waals surface area (Å²) in [4.78, 5) is 25.3. The van der Waals surface area contributed by atoms with Crippen molar-refractivity contribution < 1.29 is 19.1 Å². The number of ether oxygens (including phenoxy) is 2. The van der Waals surface area contributed by atoms with E-state index in [0.717, 1.165) is 70.6 Å². The SMILES string of the molecule is CCCCCCCOC(=O)C1CCCCC1C(=O)OC(CCC)CCCC. The van der Waals surface area contributed by atoms with Crippen LogP contribution >= 0.6 is 0 Å². The minimum absolute atomic E-state index is 0.000359. The Kier molecular flexibility index (Phi) is 13.3. The molecule has 27 heavy (non-hydrogen) atoms. The highest BCUT2D eigenvalue weighted by Crippen LogP contribution is 2.33. The van der Waals surface area contributed by atoms with Gasteiger partial charge >= 0.3 is 11.9 Å². The second-order valence-electron chi connectivity index (χ2n) is 8.07. The molecule has 0 aromatic heterocycles. The van der Waals surface area contributed by atoms with E-state index in [2.05, 4.69) is 20.8 Å². The summed E-state index contributed by atoms with van der Waals surface area (Å²) in [7, 11) is 0. The molecule has 0 bridgehead atoms. The van der Waals surface area contributed by atoms with Crippen LogP contribution in [0.25, 0.3) is 0 Å². The number of hydrogen-bond donors (Lipinski definition) is 0. The van der Waals surface area contributed by atoms with Gasteiger partial charge in [0.1, 0.15) is 6.10 Å². The summed E-state index contributed by atoms with van der Waals surface area (Å²) in [6, 6.07) is 0. The minimum atomic E-state index is -0.313. The van der Waals surface area contributed by atoms with Crippen molar-refractivity contribution >= 4 is 11.9 Å². The number of rotatable bonds is 14. The maximum absolute atomic E-state index is 12.8. The Morgan fingerprint density at radius 2 is 1.41 bits per heavy atom. The van der Waals surface area contributed by atoms with Crippen molar-refractivity contribution in [1.29, 1.82) is 0 Å². The highest BCUT2D eigenvalue weighted by Gasteiger charge is 2.38. The molecule has 0 radical (unpaired) electrons. The van der Waals surface area contributed by atoms with Gasteiger partial charge in [0.2, 0.25) is 0 Å². The molecule has 1 rings (SSSR count). The molecule has 4 heteroatoms. The first-order valence-electron chi connectivity index (χ1n) is 11.5. The maximum atomic E-state index is 12.8. The normalized spacial score (nSPS) is 20.9. The van der Waals surface area contributed by atoms with E-state index in [0.29, 0.717) is 6.61 Å². The van der Waals surface area contributed by atoms with Crippen LogP contribution in [0.15, 0.2) is 0 Å². The summed E-state index contributed by atoms with van der Waals surface area (Å²) >= 11 is 0. The summed E-state index contributed by atoms with van der Waals surface area (Å²) in [6.07, 6.45) is 14.2. The average molecular weight is 383 g/mol. The zero-order valence-electron chi connectivity index (χ0n) is 18.0. The zero-order chi connectivity index (χ0) is 19.9. The lowest BCUT2D eigenvalue weighted by Crippen LogP contribution is -2.36. The molecule has 0 amide bonds. The summed E-state index contributed by atoms with van der Waals surface area (Å²) < 4.78 is 11.3. The predicted octanol–water partition coefficient (Wildman–Crippen LogP) is 6.21. The number of carbonyl (C=O) groups excluding carboxylic acids is 2. The van der Waals surface area contributed by atoms with E-state index in [4.69, 9.17) is 9.47 Å². The van der Waals surface area contributed by atoms with Gasteiger partial charge in [-0.2, -0.15) is 0 Å². The molecule has 0 saturated heterocycles. The maximum Gasteiger partial charge on any atom is 0.310 e. The van der Waals surface area contributed by atoms with Crippen molar-refractivity contribution in [1.82, 2.24) is 0 Å². The molecule has 3 atom stereocenters. The fourth-order valence-corrected chi connectivity index (χ4v) is 3.95. The van der Waals surface area contributed by atoms with Gasteiger partial charge in [0.15, 0.2) is 0 Å². The molecule has 1 aliphatic carbocycles. The van der Waals surface area contributed by atoms with Crippen molar-refractivity contribution in [3.8, 4) is 0 Å². The molecular formula is C23H42O4. The van der Waals surface area contributed by atoms with Crippen LogP contribution in [0.2, 0.25) is 0 Å². The molecule has 0 aromatic rings. The monoisotopic (exact) mass is 382 g/mol. The summed E-state index contributed by atoms with van der Waals surface area (Å²) in [6.45, 7) is 6.94.